The van der Waals surface area contributed by atoms with E-state index in [0.717, 1.165) is 17.7 Å². The Morgan fingerprint density at radius 1 is 1.16 bits per heavy atom. The Hall–Kier alpha value is -2.27. The van der Waals surface area contributed by atoms with Gasteiger partial charge in [-0.2, -0.15) is 0 Å². The van der Waals surface area contributed by atoms with Crippen molar-refractivity contribution < 1.29 is 19.4 Å². The van der Waals surface area contributed by atoms with E-state index in [0.29, 0.717) is 11.3 Å². The molecule has 1 aliphatic rings. The summed E-state index contributed by atoms with van der Waals surface area (Å²) in [5.74, 6) is -0.0160. The molecule has 0 aromatic heterocycles. The molecule has 5 heteroatoms. The molecule has 2 aromatic rings. The summed E-state index contributed by atoms with van der Waals surface area (Å²) in [6.45, 7) is 6.30. The largest absolute Gasteiger partial charge is 0.478 e. The van der Waals surface area contributed by atoms with E-state index in [1.165, 1.54) is 34.7 Å². The van der Waals surface area contributed by atoms with E-state index >= 15 is 0 Å². The van der Waals surface area contributed by atoms with E-state index < -0.39 is 11.9 Å². The number of aryl methyl sites for hydroxylation is 1. The summed E-state index contributed by atoms with van der Waals surface area (Å²) in [6, 6.07) is 9.84. The van der Waals surface area contributed by atoms with E-state index in [9.17, 15) is 9.59 Å². The quantitative estimate of drug-likeness (QED) is 0.639. The highest BCUT2D eigenvalue weighted by Gasteiger charge is 2.29. The van der Waals surface area contributed by atoms with Gasteiger partial charge in [0.15, 0.2) is 0 Å². The van der Waals surface area contributed by atoms with Gasteiger partial charge in [-0.3, -0.25) is 0 Å². The minimum Gasteiger partial charge on any atom is -0.478 e. The van der Waals surface area contributed by atoms with Crippen molar-refractivity contribution >= 4 is 23.7 Å². The van der Waals surface area contributed by atoms with Crippen molar-refractivity contribution in [1.29, 1.82) is 0 Å². The Labute approximate surface area is 151 Å². The van der Waals surface area contributed by atoms with Gasteiger partial charge < -0.3 is 9.84 Å². The number of ether oxygens (including phenoxy) is 1. The van der Waals surface area contributed by atoms with Gasteiger partial charge in [-0.05, 0) is 72.0 Å². The Morgan fingerprint density at radius 3 is 2.48 bits per heavy atom. The third kappa shape index (κ3) is 3.56. The van der Waals surface area contributed by atoms with Crippen molar-refractivity contribution in [2.45, 2.75) is 37.5 Å². The van der Waals surface area contributed by atoms with Gasteiger partial charge in [-0.15, -0.1) is 11.8 Å². The zero-order chi connectivity index (χ0) is 18.2. The zero-order valence-corrected chi connectivity index (χ0v) is 15.3. The molecule has 1 aliphatic heterocycles. The van der Waals surface area contributed by atoms with Crippen LogP contribution in [0.3, 0.4) is 0 Å². The molecule has 0 amide bonds. The van der Waals surface area contributed by atoms with Crippen molar-refractivity contribution in [2.75, 3.05) is 5.75 Å². The van der Waals surface area contributed by atoms with Gasteiger partial charge in [0.25, 0.3) is 0 Å². The SMILES string of the molecule is Cc1cc2c(cc1C(=O)Oc1ccc(C(=O)O)cc1)C(C)(C)CCS2. The number of aromatic carboxylic acids is 1. The smallest absolute Gasteiger partial charge is 0.343 e. The van der Waals surface area contributed by atoms with Gasteiger partial charge in [0.2, 0.25) is 0 Å². The predicted molar refractivity (Wildman–Crippen MR) is 97.9 cm³/mol. The highest BCUT2D eigenvalue weighted by atomic mass is 32.2. The van der Waals surface area contributed by atoms with Crippen LogP contribution in [0.25, 0.3) is 0 Å². The van der Waals surface area contributed by atoms with Gasteiger partial charge in [0.1, 0.15) is 5.75 Å². The molecule has 0 atom stereocenters. The van der Waals surface area contributed by atoms with E-state index in [1.807, 2.05) is 24.8 Å². The molecule has 3 rings (SSSR count). The fourth-order valence-corrected chi connectivity index (χ4v) is 4.51. The second-order valence-electron chi connectivity index (χ2n) is 6.86. The van der Waals surface area contributed by atoms with E-state index in [2.05, 4.69) is 19.9 Å². The number of carboxylic acids is 1. The average Bonchev–Trinajstić information content (AvgIpc) is 2.54. The number of carbonyl (C=O) groups excluding carboxylic acids is 1. The molecular weight excluding hydrogens is 336 g/mol. The average molecular weight is 356 g/mol. The molecule has 4 nitrogen and oxygen atoms in total. The van der Waals surface area contributed by atoms with Crippen molar-refractivity contribution in [2.24, 2.45) is 0 Å². The van der Waals surface area contributed by atoms with Crippen LogP contribution in [0.5, 0.6) is 5.75 Å². The van der Waals surface area contributed by atoms with Gasteiger partial charge in [-0.1, -0.05) is 13.8 Å². The number of fused-ring (bicyclic) bond motifs is 1. The molecule has 0 bridgehead atoms. The summed E-state index contributed by atoms with van der Waals surface area (Å²) in [4.78, 5) is 24.7. The minimum atomic E-state index is -1.01. The Balaban J connectivity index is 1.88. The van der Waals surface area contributed by atoms with Crippen molar-refractivity contribution in [3.05, 3.63) is 58.7 Å². The third-order valence-electron chi connectivity index (χ3n) is 4.57. The number of carboxylic acid groups (broad SMARTS) is 1. The molecule has 0 saturated heterocycles. The number of benzene rings is 2. The zero-order valence-electron chi connectivity index (χ0n) is 14.5. The molecule has 0 fully saturated rings. The summed E-state index contributed by atoms with van der Waals surface area (Å²) in [5.41, 5.74) is 2.81. The first-order valence-corrected chi connectivity index (χ1v) is 9.10. The fourth-order valence-electron chi connectivity index (χ4n) is 2.93. The summed E-state index contributed by atoms with van der Waals surface area (Å²) in [5, 5.41) is 8.92. The fraction of sp³-hybridized carbons (Fsp3) is 0.300. The van der Waals surface area contributed by atoms with Crippen LogP contribution < -0.4 is 4.74 Å². The summed E-state index contributed by atoms with van der Waals surface area (Å²) in [6.07, 6.45) is 1.07. The lowest BCUT2D eigenvalue weighted by molar-refractivity contribution is 0.0696. The van der Waals surface area contributed by atoms with Crippen LogP contribution in [0.1, 0.15) is 52.1 Å². The Bertz CT molecular complexity index is 838. The molecule has 0 aliphatic carbocycles. The topological polar surface area (TPSA) is 63.6 Å². The summed E-state index contributed by atoms with van der Waals surface area (Å²) < 4.78 is 5.44. The number of hydrogen-bond donors (Lipinski definition) is 1. The molecule has 0 unspecified atom stereocenters. The maximum atomic E-state index is 12.6. The second kappa shape index (κ2) is 6.56. The molecule has 1 heterocycles. The lowest BCUT2D eigenvalue weighted by Gasteiger charge is -2.32. The lowest BCUT2D eigenvalue weighted by Crippen LogP contribution is -2.24. The van der Waals surface area contributed by atoms with Crippen LogP contribution in [0.2, 0.25) is 0 Å². The van der Waals surface area contributed by atoms with E-state index in [-0.39, 0.29) is 11.0 Å². The van der Waals surface area contributed by atoms with Crippen molar-refractivity contribution in [3.8, 4) is 5.75 Å². The first-order valence-electron chi connectivity index (χ1n) is 8.11. The maximum Gasteiger partial charge on any atom is 0.343 e. The monoisotopic (exact) mass is 356 g/mol. The number of rotatable bonds is 3. The minimum absolute atomic E-state index is 0.0342. The number of esters is 1. The van der Waals surface area contributed by atoms with Gasteiger partial charge >= 0.3 is 11.9 Å². The Morgan fingerprint density at radius 2 is 1.84 bits per heavy atom. The third-order valence-corrected chi connectivity index (χ3v) is 5.63. The highest BCUT2D eigenvalue weighted by molar-refractivity contribution is 7.99. The van der Waals surface area contributed by atoms with Crippen LogP contribution in [-0.4, -0.2) is 22.8 Å². The number of thioether (sulfide) groups is 1. The molecule has 1 N–H and O–H groups in total. The van der Waals surface area contributed by atoms with Crippen LogP contribution in [0, 0.1) is 6.92 Å². The van der Waals surface area contributed by atoms with Crippen LogP contribution in [0.4, 0.5) is 0 Å². The first-order chi connectivity index (χ1) is 11.8. The van der Waals surface area contributed by atoms with Crippen molar-refractivity contribution in [3.63, 3.8) is 0 Å². The number of hydrogen-bond acceptors (Lipinski definition) is 4. The van der Waals surface area contributed by atoms with Crippen LogP contribution in [0.15, 0.2) is 41.3 Å². The van der Waals surface area contributed by atoms with Gasteiger partial charge in [0.05, 0.1) is 11.1 Å². The first kappa shape index (κ1) is 17.5. The molecule has 2 aromatic carbocycles. The standard InChI is InChI=1S/C20H20O4S/c1-12-10-17-16(20(2,3)8-9-25-17)11-15(12)19(23)24-14-6-4-13(5-7-14)18(21)22/h4-7,10-11H,8-9H2,1-3H3,(H,21,22). The normalized spacial score (nSPS) is 15.3. The van der Waals surface area contributed by atoms with Crippen LogP contribution in [-0.2, 0) is 5.41 Å². The van der Waals surface area contributed by atoms with Gasteiger partial charge in [0, 0.05) is 4.90 Å². The van der Waals surface area contributed by atoms with E-state index in [1.54, 1.807) is 0 Å². The number of carbonyl (C=O) groups is 2. The molecule has 0 radical (unpaired) electrons. The van der Waals surface area contributed by atoms with E-state index in [4.69, 9.17) is 9.84 Å². The Kier molecular flexibility index (Phi) is 4.60. The molecule has 0 spiro atoms. The lowest BCUT2D eigenvalue weighted by atomic mass is 9.80. The predicted octanol–water partition coefficient (Wildman–Crippen LogP) is 4.69. The summed E-state index contributed by atoms with van der Waals surface area (Å²) in [7, 11) is 0. The molecular formula is C20H20O4S. The maximum absolute atomic E-state index is 12.6. The van der Waals surface area contributed by atoms with Crippen LogP contribution >= 0.6 is 11.8 Å². The molecule has 130 valence electrons. The second-order valence-corrected chi connectivity index (χ2v) is 8.00. The van der Waals surface area contributed by atoms with Crippen molar-refractivity contribution in [1.82, 2.24) is 0 Å². The molecule has 0 saturated carbocycles. The highest BCUT2D eigenvalue weighted by Crippen LogP contribution is 2.42. The van der Waals surface area contributed by atoms with Gasteiger partial charge in [-0.25, -0.2) is 9.59 Å². The molecule has 25 heavy (non-hydrogen) atoms. The summed E-state index contributed by atoms with van der Waals surface area (Å²) >= 11 is 1.83.